The Labute approximate surface area is 168 Å². The Bertz CT molecular complexity index is 1140. The average Bonchev–Trinajstić information content (AvgIpc) is 3.20. The average molecular weight is 384 g/mol. The molecule has 29 heavy (non-hydrogen) atoms. The predicted molar refractivity (Wildman–Crippen MR) is 110 cm³/mol. The third-order valence-electron chi connectivity index (χ3n) is 4.74. The minimum atomic E-state index is -0.193. The van der Waals surface area contributed by atoms with Crippen molar-refractivity contribution in [2.75, 3.05) is 0 Å². The lowest BCUT2D eigenvalue weighted by atomic mass is 10.0. The maximum Gasteiger partial charge on any atom is 0.255 e. The van der Waals surface area contributed by atoms with Crippen molar-refractivity contribution in [3.63, 3.8) is 0 Å². The van der Waals surface area contributed by atoms with Crippen molar-refractivity contribution >= 4 is 17.2 Å². The first-order valence-electron chi connectivity index (χ1n) is 9.42. The molecule has 0 radical (unpaired) electrons. The topological polar surface area (TPSA) is 76.4 Å². The molecule has 1 N–H and O–H groups in total. The van der Waals surface area contributed by atoms with Gasteiger partial charge in [0.05, 0.1) is 17.3 Å². The minimum absolute atomic E-state index is 0.105. The number of benzene rings is 1. The van der Waals surface area contributed by atoms with E-state index in [0.717, 1.165) is 16.6 Å². The zero-order valence-electron chi connectivity index (χ0n) is 15.8. The lowest BCUT2D eigenvalue weighted by Gasteiger charge is -2.06. The summed E-state index contributed by atoms with van der Waals surface area (Å²) in [6, 6.07) is 16.9. The van der Waals surface area contributed by atoms with E-state index in [4.69, 9.17) is 0 Å². The highest BCUT2D eigenvalue weighted by Gasteiger charge is 2.13. The number of ketones is 1. The van der Waals surface area contributed by atoms with Gasteiger partial charge < -0.3 is 5.32 Å². The molecule has 1 aromatic carbocycles. The molecule has 4 rings (SSSR count). The van der Waals surface area contributed by atoms with Gasteiger partial charge in [0.2, 0.25) is 0 Å². The highest BCUT2D eigenvalue weighted by Crippen LogP contribution is 2.15. The molecule has 0 fully saturated rings. The number of Topliss-reactive ketones (excluding diaryl/α,β-unsaturated/α-hetero) is 1. The molecule has 0 bridgehead atoms. The van der Waals surface area contributed by atoms with Gasteiger partial charge in [-0.05, 0) is 35.7 Å². The van der Waals surface area contributed by atoms with Crippen LogP contribution in [0.5, 0.6) is 0 Å². The molecule has 0 spiro atoms. The molecule has 0 unspecified atom stereocenters. The molecule has 0 aliphatic carbocycles. The number of pyridine rings is 2. The van der Waals surface area contributed by atoms with Crippen molar-refractivity contribution in [1.82, 2.24) is 19.9 Å². The Morgan fingerprint density at radius 3 is 2.62 bits per heavy atom. The van der Waals surface area contributed by atoms with Gasteiger partial charge in [-0.25, -0.2) is 4.52 Å². The van der Waals surface area contributed by atoms with Crippen molar-refractivity contribution in [2.24, 2.45) is 0 Å². The summed E-state index contributed by atoms with van der Waals surface area (Å²) in [5, 5.41) is 7.15. The van der Waals surface area contributed by atoms with Gasteiger partial charge in [-0.3, -0.25) is 14.6 Å². The second-order valence-corrected chi connectivity index (χ2v) is 6.76. The van der Waals surface area contributed by atoms with Crippen molar-refractivity contribution in [3.8, 4) is 0 Å². The van der Waals surface area contributed by atoms with Crippen molar-refractivity contribution < 1.29 is 9.59 Å². The van der Waals surface area contributed by atoms with Crippen molar-refractivity contribution in [2.45, 2.75) is 19.4 Å². The van der Waals surface area contributed by atoms with Crippen LogP contribution in [0, 0.1) is 0 Å². The van der Waals surface area contributed by atoms with Gasteiger partial charge in [-0.2, -0.15) is 5.10 Å². The molecule has 0 saturated heterocycles. The molecule has 6 heteroatoms. The number of aromatic nitrogens is 3. The number of hydrogen-bond acceptors (Lipinski definition) is 4. The van der Waals surface area contributed by atoms with Gasteiger partial charge in [-0.15, -0.1) is 0 Å². The Morgan fingerprint density at radius 2 is 1.83 bits per heavy atom. The molecule has 0 aliphatic rings. The van der Waals surface area contributed by atoms with Crippen LogP contribution in [-0.4, -0.2) is 26.3 Å². The van der Waals surface area contributed by atoms with Crippen LogP contribution in [0.1, 0.15) is 38.3 Å². The summed E-state index contributed by atoms with van der Waals surface area (Å²) >= 11 is 0. The zero-order valence-corrected chi connectivity index (χ0v) is 15.8. The molecule has 0 saturated carbocycles. The van der Waals surface area contributed by atoms with Crippen LogP contribution >= 0.6 is 0 Å². The van der Waals surface area contributed by atoms with Gasteiger partial charge in [0.25, 0.3) is 5.91 Å². The van der Waals surface area contributed by atoms with E-state index in [1.807, 2.05) is 60.8 Å². The number of nitrogens with one attached hydrogen (secondary N) is 1. The molecule has 0 aliphatic heterocycles. The summed E-state index contributed by atoms with van der Waals surface area (Å²) in [6.07, 6.45) is 7.81. The quantitative estimate of drug-likeness (QED) is 0.495. The van der Waals surface area contributed by atoms with Crippen LogP contribution in [0.4, 0.5) is 0 Å². The van der Waals surface area contributed by atoms with E-state index in [1.165, 1.54) is 0 Å². The molecule has 6 nitrogen and oxygen atoms in total. The fourth-order valence-electron chi connectivity index (χ4n) is 3.16. The fraction of sp³-hybridized carbons (Fsp3) is 0.130. The predicted octanol–water partition coefficient (Wildman–Crippen LogP) is 3.47. The van der Waals surface area contributed by atoms with Crippen LogP contribution in [0.2, 0.25) is 0 Å². The maximum atomic E-state index is 12.6. The minimum Gasteiger partial charge on any atom is -0.348 e. The van der Waals surface area contributed by atoms with Gasteiger partial charge in [0, 0.05) is 37.1 Å². The third kappa shape index (κ3) is 4.38. The molecule has 144 valence electrons. The van der Waals surface area contributed by atoms with Gasteiger partial charge in [0.15, 0.2) is 5.78 Å². The SMILES string of the molecule is O=C(CCc1ccn2ncc(C(=O)NCc3cccnc3)c2c1)c1ccccc1. The largest absolute Gasteiger partial charge is 0.348 e. The molecular formula is C23H20N4O2. The first-order valence-corrected chi connectivity index (χ1v) is 9.42. The van der Waals surface area contributed by atoms with Crippen molar-refractivity contribution in [3.05, 3.63) is 102 Å². The number of rotatable bonds is 7. The lowest BCUT2D eigenvalue weighted by molar-refractivity contribution is 0.0950. The van der Waals surface area contributed by atoms with Crippen LogP contribution in [0.3, 0.4) is 0 Å². The first-order chi connectivity index (χ1) is 14.2. The number of hydrogen-bond donors (Lipinski definition) is 1. The van der Waals surface area contributed by atoms with Gasteiger partial charge in [-0.1, -0.05) is 36.4 Å². The van der Waals surface area contributed by atoms with E-state index in [2.05, 4.69) is 15.4 Å². The van der Waals surface area contributed by atoms with Gasteiger partial charge in [0.1, 0.15) is 0 Å². The van der Waals surface area contributed by atoms with E-state index < -0.39 is 0 Å². The van der Waals surface area contributed by atoms with Gasteiger partial charge >= 0.3 is 0 Å². The molecule has 3 aromatic heterocycles. The monoisotopic (exact) mass is 384 g/mol. The van der Waals surface area contributed by atoms with E-state index in [-0.39, 0.29) is 11.7 Å². The maximum absolute atomic E-state index is 12.6. The summed E-state index contributed by atoms with van der Waals surface area (Å²) in [4.78, 5) is 29.0. The first kappa shape index (κ1) is 18.6. The molecule has 0 atom stereocenters. The Balaban J connectivity index is 1.46. The van der Waals surface area contributed by atoms with Crippen LogP contribution in [0.25, 0.3) is 5.52 Å². The highest BCUT2D eigenvalue weighted by molar-refractivity contribution is 6.00. The molecule has 4 aromatic rings. The smallest absolute Gasteiger partial charge is 0.255 e. The Hall–Kier alpha value is -3.80. The van der Waals surface area contributed by atoms with E-state index >= 15 is 0 Å². The molecular weight excluding hydrogens is 364 g/mol. The zero-order chi connectivity index (χ0) is 20.1. The highest BCUT2D eigenvalue weighted by atomic mass is 16.1. The normalized spacial score (nSPS) is 10.8. The molecule has 3 heterocycles. The summed E-state index contributed by atoms with van der Waals surface area (Å²) in [5.41, 5.74) is 3.86. The number of amides is 1. The van der Waals surface area contributed by atoms with Crippen molar-refractivity contribution in [1.29, 1.82) is 0 Å². The standard InChI is InChI=1S/C23H20N4O2/c28-22(19-6-2-1-3-7-19)9-8-17-10-12-27-21(13-17)20(16-26-27)23(29)25-15-18-5-4-11-24-14-18/h1-7,10-14,16H,8-9,15H2,(H,25,29). The second kappa shape index (κ2) is 8.48. The second-order valence-electron chi connectivity index (χ2n) is 6.76. The number of carbonyl (C=O) groups is 2. The van der Waals surface area contributed by atoms with E-state index in [9.17, 15) is 9.59 Å². The Morgan fingerprint density at radius 1 is 0.966 bits per heavy atom. The third-order valence-corrected chi connectivity index (χ3v) is 4.74. The summed E-state index contributed by atoms with van der Waals surface area (Å²) in [5.74, 6) is -0.0882. The molecule has 1 amide bonds. The van der Waals surface area contributed by atoms with E-state index in [0.29, 0.717) is 30.5 Å². The number of nitrogens with zero attached hydrogens (tertiary/aromatic N) is 3. The summed E-state index contributed by atoms with van der Waals surface area (Å²) in [6.45, 7) is 0.398. The number of fused-ring (bicyclic) bond motifs is 1. The Kier molecular flexibility index (Phi) is 5.42. The van der Waals surface area contributed by atoms with Crippen LogP contribution in [-0.2, 0) is 13.0 Å². The summed E-state index contributed by atoms with van der Waals surface area (Å²) in [7, 11) is 0. The van der Waals surface area contributed by atoms with Crippen LogP contribution < -0.4 is 5.32 Å². The summed E-state index contributed by atoms with van der Waals surface area (Å²) < 4.78 is 1.67. The van der Waals surface area contributed by atoms with E-state index in [1.54, 1.807) is 23.1 Å². The number of carbonyl (C=O) groups excluding carboxylic acids is 2. The number of aryl methyl sites for hydroxylation is 1. The van der Waals surface area contributed by atoms with Crippen LogP contribution in [0.15, 0.2) is 79.4 Å². The fourth-order valence-corrected chi connectivity index (χ4v) is 3.16. The lowest BCUT2D eigenvalue weighted by Crippen LogP contribution is -2.22.